The van der Waals surface area contributed by atoms with Crippen molar-refractivity contribution in [2.45, 2.75) is 111 Å². The second-order valence-corrected chi connectivity index (χ2v) is 12.0. The van der Waals surface area contributed by atoms with Crippen molar-refractivity contribution in [3.05, 3.63) is 0 Å². The lowest BCUT2D eigenvalue weighted by molar-refractivity contribution is -0.306. The van der Waals surface area contributed by atoms with Crippen molar-refractivity contribution in [2.75, 3.05) is 6.61 Å². The van der Waals surface area contributed by atoms with Gasteiger partial charge in [0.05, 0.1) is 24.2 Å². The average Bonchev–Trinajstić information content (AvgIpc) is 2.85. The second kappa shape index (κ2) is 13.4. The monoisotopic (exact) mass is 579 g/mol. The van der Waals surface area contributed by atoms with E-state index in [-0.39, 0.29) is 18.4 Å². The van der Waals surface area contributed by atoms with Gasteiger partial charge in [0.25, 0.3) is 0 Å². The summed E-state index contributed by atoms with van der Waals surface area (Å²) in [5.41, 5.74) is 1.06. The predicted molar refractivity (Wildman–Crippen MR) is 125 cm³/mol. The minimum atomic E-state index is -4.85. The summed E-state index contributed by atoms with van der Waals surface area (Å²) < 4.78 is 52.3. The van der Waals surface area contributed by atoms with Gasteiger partial charge in [-0.1, -0.05) is 0 Å². The molecule has 9 N–H and O–H groups in total. The van der Waals surface area contributed by atoms with Gasteiger partial charge in [-0.15, -0.1) is 11.8 Å². The standard InChI is InChI=1S/C20H37NO14S2/c1-8-13(23)15(25)17(27)19(32-8)33-10-4-2-9(3-5-10)6-12(21-35-37(29,30)31)36-20-18(28)16(26)14(24)11(7-22)34-20/h8-28H,2-7H2,1H3,(H,29,30,31). The molecule has 11 unspecified atom stereocenters. The minimum absolute atomic E-state index is 0.00302. The molecule has 0 spiro atoms. The van der Waals surface area contributed by atoms with Gasteiger partial charge in [-0.2, -0.15) is 18.2 Å². The van der Waals surface area contributed by atoms with E-state index in [0.29, 0.717) is 25.7 Å². The third kappa shape index (κ3) is 8.38. The molecule has 0 radical (unpaired) electrons. The molecule has 218 valence electrons. The normalized spacial score (nSPS) is 44.5. The summed E-state index contributed by atoms with van der Waals surface area (Å²) in [7, 11) is -4.85. The van der Waals surface area contributed by atoms with Crippen LogP contribution in [0.2, 0.25) is 0 Å². The van der Waals surface area contributed by atoms with Crippen molar-refractivity contribution in [3.63, 3.8) is 0 Å². The highest BCUT2D eigenvalue weighted by Crippen LogP contribution is 2.37. The van der Waals surface area contributed by atoms with Gasteiger partial charge in [-0.05, 0) is 44.9 Å². The van der Waals surface area contributed by atoms with E-state index < -0.39 is 82.9 Å². The van der Waals surface area contributed by atoms with Crippen LogP contribution in [0.15, 0.2) is 0 Å². The largest absolute Gasteiger partial charge is 0.413 e. The number of hydroxylamine groups is 1. The molecule has 0 bridgehead atoms. The summed E-state index contributed by atoms with van der Waals surface area (Å²) in [5, 5.41) is 68.8. The molecule has 3 aliphatic rings. The number of thioether (sulfide) groups is 1. The van der Waals surface area contributed by atoms with Crippen molar-refractivity contribution in [2.24, 2.45) is 5.92 Å². The lowest BCUT2D eigenvalue weighted by atomic mass is 9.85. The molecule has 11 atom stereocenters. The maximum absolute atomic E-state index is 11.1. The Labute approximate surface area is 218 Å². The van der Waals surface area contributed by atoms with Crippen LogP contribution in [-0.2, 0) is 28.9 Å². The molecular formula is C20H37NO14S2. The van der Waals surface area contributed by atoms with Gasteiger partial charge in [-0.3, -0.25) is 4.55 Å². The van der Waals surface area contributed by atoms with Gasteiger partial charge < -0.3 is 50.0 Å². The zero-order valence-electron chi connectivity index (χ0n) is 20.1. The van der Waals surface area contributed by atoms with Crippen LogP contribution in [0, 0.1) is 5.92 Å². The van der Waals surface area contributed by atoms with Gasteiger partial charge >= 0.3 is 10.4 Å². The van der Waals surface area contributed by atoms with E-state index in [9.17, 15) is 44.2 Å². The first-order valence-corrected chi connectivity index (χ1v) is 14.3. The summed E-state index contributed by atoms with van der Waals surface area (Å²) in [6.07, 6.45) is -9.47. The molecule has 2 saturated heterocycles. The van der Waals surface area contributed by atoms with E-state index in [0.717, 1.165) is 11.8 Å². The Kier molecular flexibility index (Phi) is 11.4. The first-order valence-electron chi connectivity index (χ1n) is 12.0. The van der Waals surface area contributed by atoms with Gasteiger partial charge in [-0.25, -0.2) is 0 Å². The third-order valence-corrected chi connectivity index (χ3v) is 8.49. The Morgan fingerprint density at radius 3 is 2.14 bits per heavy atom. The highest BCUT2D eigenvalue weighted by Gasteiger charge is 2.45. The lowest BCUT2D eigenvalue weighted by Gasteiger charge is -2.42. The van der Waals surface area contributed by atoms with E-state index in [1.807, 2.05) is 0 Å². The summed E-state index contributed by atoms with van der Waals surface area (Å²) in [6, 6.07) is 0. The highest BCUT2D eigenvalue weighted by atomic mass is 32.3. The van der Waals surface area contributed by atoms with Gasteiger partial charge in [0.15, 0.2) is 6.29 Å². The molecule has 0 aromatic carbocycles. The maximum Gasteiger partial charge on any atom is 0.413 e. The molecule has 3 fully saturated rings. The lowest BCUT2D eigenvalue weighted by Crippen LogP contribution is -2.58. The molecule has 0 aromatic rings. The van der Waals surface area contributed by atoms with E-state index in [1.54, 1.807) is 6.92 Å². The van der Waals surface area contributed by atoms with Crippen LogP contribution in [0.1, 0.15) is 39.0 Å². The molecule has 0 amide bonds. The number of aliphatic hydroxyl groups is 7. The SMILES string of the molecule is CC1OC(OC2CCC(CC(NOS(=O)(=O)O)SC3OC(CO)C(O)C(O)C3O)CC2)C(O)C(O)C1O. The van der Waals surface area contributed by atoms with E-state index in [2.05, 4.69) is 9.76 Å². The predicted octanol–water partition coefficient (Wildman–Crippen LogP) is -3.04. The summed E-state index contributed by atoms with van der Waals surface area (Å²) in [4.78, 5) is 0. The van der Waals surface area contributed by atoms with Crippen LogP contribution in [0.25, 0.3) is 0 Å². The molecule has 1 aliphatic carbocycles. The van der Waals surface area contributed by atoms with Crippen molar-refractivity contribution in [1.29, 1.82) is 0 Å². The van der Waals surface area contributed by atoms with Crippen LogP contribution in [0.4, 0.5) is 0 Å². The van der Waals surface area contributed by atoms with Crippen molar-refractivity contribution in [1.82, 2.24) is 5.48 Å². The summed E-state index contributed by atoms with van der Waals surface area (Å²) in [6.45, 7) is 0.932. The Morgan fingerprint density at radius 2 is 1.54 bits per heavy atom. The molecular weight excluding hydrogens is 542 g/mol. The fraction of sp³-hybridized carbons (Fsp3) is 1.00. The third-order valence-electron chi connectivity index (χ3n) is 6.91. The van der Waals surface area contributed by atoms with Gasteiger partial charge in [0, 0.05) is 0 Å². The zero-order valence-corrected chi connectivity index (χ0v) is 21.7. The zero-order chi connectivity index (χ0) is 27.5. The topological polar surface area (TPSA) is 245 Å². The number of hydrogen-bond acceptors (Lipinski definition) is 15. The quantitative estimate of drug-likeness (QED) is 0.0709. The second-order valence-electron chi connectivity index (χ2n) is 9.65. The fourth-order valence-electron chi connectivity index (χ4n) is 4.71. The van der Waals surface area contributed by atoms with Crippen LogP contribution in [0.5, 0.6) is 0 Å². The van der Waals surface area contributed by atoms with E-state index in [1.165, 1.54) is 0 Å². The van der Waals surface area contributed by atoms with Gasteiger partial charge in [0.1, 0.15) is 48.2 Å². The van der Waals surface area contributed by atoms with E-state index in [4.69, 9.17) is 18.8 Å². The van der Waals surface area contributed by atoms with Crippen molar-refractivity contribution in [3.8, 4) is 0 Å². The Balaban J connectivity index is 1.56. The highest BCUT2D eigenvalue weighted by molar-refractivity contribution is 8.00. The molecule has 2 heterocycles. The van der Waals surface area contributed by atoms with Gasteiger partial charge in [0.2, 0.25) is 0 Å². The number of rotatable bonds is 10. The number of hydrogen-bond donors (Lipinski definition) is 9. The molecule has 37 heavy (non-hydrogen) atoms. The van der Waals surface area contributed by atoms with Crippen LogP contribution in [0.3, 0.4) is 0 Å². The molecule has 2 aliphatic heterocycles. The number of nitrogens with one attached hydrogen (secondary N) is 1. The van der Waals surface area contributed by atoms with Crippen LogP contribution < -0.4 is 5.48 Å². The van der Waals surface area contributed by atoms with Crippen molar-refractivity contribution >= 4 is 22.2 Å². The fourth-order valence-corrected chi connectivity index (χ4v) is 6.35. The Bertz CT molecular complexity index is 813. The van der Waals surface area contributed by atoms with Crippen LogP contribution >= 0.6 is 11.8 Å². The summed E-state index contributed by atoms with van der Waals surface area (Å²) >= 11 is 0.861. The Hall–Kier alpha value is -0.220. The van der Waals surface area contributed by atoms with Crippen molar-refractivity contribution < 1.29 is 67.2 Å². The molecule has 3 rings (SSSR count). The Morgan fingerprint density at radius 1 is 0.919 bits per heavy atom. The number of aliphatic hydroxyl groups excluding tert-OH is 7. The summed E-state index contributed by atoms with van der Waals surface area (Å²) in [5.74, 6) is 0.00302. The molecule has 0 aromatic heterocycles. The first kappa shape index (κ1) is 31.3. The average molecular weight is 580 g/mol. The first-order chi connectivity index (χ1) is 17.3. The molecule has 17 heteroatoms. The minimum Gasteiger partial charge on any atom is -0.394 e. The number of ether oxygens (including phenoxy) is 3. The molecule has 1 saturated carbocycles. The molecule has 15 nitrogen and oxygen atoms in total. The van der Waals surface area contributed by atoms with Crippen LogP contribution in [-0.4, -0.2) is 127 Å². The van der Waals surface area contributed by atoms with E-state index >= 15 is 0 Å². The maximum atomic E-state index is 11.1. The smallest absolute Gasteiger partial charge is 0.394 e.